The maximum atomic E-state index is 12.0. The molecule has 1 aromatic rings. The van der Waals surface area contributed by atoms with E-state index in [0.717, 1.165) is 32.1 Å². The Hall–Kier alpha value is -1.84. The second-order valence-corrected chi connectivity index (χ2v) is 6.45. The van der Waals surface area contributed by atoms with Crippen molar-refractivity contribution in [2.45, 2.75) is 49.7 Å². The van der Waals surface area contributed by atoms with Crippen molar-refractivity contribution in [3.05, 3.63) is 35.9 Å². The predicted molar refractivity (Wildman–Crippen MR) is 74.2 cm³/mol. The van der Waals surface area contributed by atoms with E-state index in [9.17, 15) is 4.79 Å². The molecule has 2 N–H and O–H groups in total. The lowest BCUT2D eigenvalue weighted by Gasteiger charge is -2.38. The molecule has 4 nitrogen and oxygen atoms in total. The van der Waals surface area contributed by atoms with E-state index < -0.39 is 0 Å². The average Bonchev–Trinajstić information content (AvgIpc) is 2.67. The van der Waals surface area contributed by atoms with Gasteiger partial charge in [-0.1, -0.05) is 30.3 Å². The molecular formula is C16H19N2O2+. The first-order valence-corrected chi connectivity index (χ1v) is 7.31. The molecule has 3 heterocycles. The number of ether oxygens (including phenoxy) is 1. The van der Waals surface area contributed by atoms with Crippen LogP contribution in [0, 0.1) is 0 Å². The van der Waals surface area contributed by atoms with Crippen LogP contribution in [0.4, 0.5) is 0 Å². The van der Waals surface area contributed by atoms with Gasteiger partial charge in [0.2, 0.25) is 0 Å². The number of carbonyl (C=O) groups excluding carboxylic acids is 1. The summed E-state index contributed by atoms with van der Waals surface area (Å²) in [5.41, 5.74) is 1.60. The Morgan fingerprint density at radius 3 is 2.55 bits per heavy atom. The quantitative estimate of drug-likeness (QED) is 0.504. The number of hydrazine groups is 1. The van der Waals surface area contributed by atoms with Crippen LogP contribution in [0.1, 0.15) is 37.7 Å². The van der Waals surface area contributed by atoms with Crippen LogP contribution in [-0.2, 0) is 16.0 Å². The molecule has 1 aromatic carbocycles. The number of nitrogens with zero attached hydrogens (tertiary/aromatic N) is 1. The van der Waals surface area contributed by atoms with E-state index in [-0.39, 0.29) is 17.1 Å². The molecule has 1 saturated carbocycles. The number of hydrogen-bond acceptors (Lipinski definition) is 3. The highest BCUT2D eigenvalue weighted by Crippen LogP contribution is 2.48. The van der Waals surface area contributed by atoms with Gasteiger partial charge in [0.25, 0.3) is 5.71 Å². The molecule has 2 fully saturated rings. The third-order valence-corrected chi connectivity index (χ3v) is 5.30. The minimum Gasteiger partial charge on any atom is -0.451 e. The molecule has 0 unspecified atom stereocenters. The van der Waals surface area contributed by atoms with E-state index >= 15 is 0 Å². The first-order valence-electron chi connectivity index (χ1n) is 7.31. The lowest BCUT2D eigenvalue weighted by molar-refractivity contribution is -0.624. The standard InChI is InChI=1S/C16H18N2O2/c17-18-13-11-16(20-14(13)19)8-6-15(18,7-9-16)10-12-4-2-1-3-5-12/h1-5H,6-11H2,(H-,17,19)/p+1. The Kier molecular flexibility index (Phi) is 2.29. The summed E-state index contributed by atoms with van der Waals surface area (Å²) in [5.74, 6) is 6.16. The van der Waals surface area contributed by atoms with Gasteiger partial charge in [-0.05, 0) is 18.4 Å². The van der Waals surface area contributed by atoms with Crippen molar-refractivity contribution >= 4 is 11.7 Å². The highest BCUT2D eigenvalue weighted by molar-refractivity contribution is 6.36. The largest absolute Gasteiger partial charge is 0.451 e. The number of esters is 1. The molecule has 4 aliphatic rings. The van der Waals surface area contributed by atoms with Crippen molar-refractivity contribution < 1.29 is 14.2 Å². The average molecular weight is 271 g/mol. The molecular weight excluding hydrogens is 252 g/mol. The van der Waals surface area contributed by atoms with Crippen LogP contribution >= 0.6 is 0 Å². The Morgan fingerprint density at radius 1 is 1.15 bits per heavy atom. The van der Waals surface area contributed by atoms with E-state index in [1.165, 1.54) is 5.56 Å². The van der Waals surface area contributed by atoms with Crippen molar-refractivity contribution in [2.75, 3.05) is 0 Å². The Bertz CT molecular complexity index is 598. The summed E-state index contributed by atoms with van der Waals surface area (Å²) in [4.78, 5) is 12.0. The first kappa shape index (κ1) is 11.9. The summed E-state index contributed by atoms with van der Waals surface area (Å²) in [6.45, 7) is 0. The minimum atomic E-state index is -0.249. The fraction of sp³-hybridized carbons (Fsp3) is 0.500. The zero-order valence-corrected chi connectivity index (χ0v) is 11.5. The molecule has 4 heteroatoms. The van der Waals surface area contributed by atoms with Crippen molar-refractivity contribution in [1.29, 1.82) is 0 Å². The molecule has 104 valence electrons. The maximum Gasteiger partial charge on any atom is 0.402 e. The Labute approximate surface area is 118 Å². The highest BCUT2D eigenvalue weighted by atomic mass is 16.6. The van der Waals surface area contributed by atoms with Crippen LogP contribution in [-0.4, -0.2) is 27.5 Å². The van der Waals surface area contributed by atoms with Gasteiger partial charge in [0.1, 0.15) is 5.60 Å². The molecule has 0 aromatic heterocycles. The molecule has 1 saturated heterocycles. The van der Waals surface area contributed by atoms with Gasteiger partial charge in [0, 0.05) is 19.3 Å². The summed E-state index contributed by atoms with van der Waals surface area (Å²) in [6.07, 6.45) is 5.45. The summed E-state index contributed by atoms with van der Waals surface area (Å²) in [6, 6.07) is 10.4. The smallest absolute Gasteiger partial charge is 0.402 e. The molecule has 20 heavy (non-hydrogen) atoms. The van der Waals surface area contributed by atoms with Crippen LogP contribution in [0.15, 0.2) is 30.3 Å². The number of hydrogen-bond donors (Lipinski definition) is 1. The van der Waals surface area contributed by atoms with Gasteiger partial charge in [-0.25, -0.2) is 10.6 Å². The highest BCUT2D eigenvalue weighted by Gasteiger charge is 2.62. The summed E-state index contributed by atoms with van der Waals surface area (Å²) >= 11 is 0. The van der Waals surface area contributed by atoms with Gasteiger partial charge in [0.15, 0.2) is 5.54 Å². The van der Waals surface area contributed by atoms with Gasteiger partial charge in [-0.15, -0.1) is 4.68 Å². The van der Waals surface area contributed by atoms with E-state index in [2.05, 4.69) is 24.3 Å². The molecule has 1 spiro atoms. The SMILES string of the molecule is N[N+]1=C2CC3(CCC1(Cc1ccccc1)CC3)OC2=O. The number of carbonyl (C=O) groups is 1. The molecule has 0 atom stereocenters. The molecule has 3 bridgehead atoms. The van der Waals surface area contributed by atoms with Gasteiger partial charge >= 0.3 is 5.97 Å². The molecule has 5 rings (SSSR count). The second kappa shape index (κ2) is 3.84. The van der Waals surface area contributed by atoms with E-state index in [4.69, 9.17) is 10.6 Å². The normalized spacial score (nSPS) is 35.1. The van der Waals surface area contributed by atoms with Crippen molar-refractivity contribution in [1.82, 2.24) is 0 Å². The van der Waals surface area contributed by atoms with Crippen LogP contribution in [0.25, 0.3) is 0 Å². The van der Waals surface area contributed by atoms with Crippen molar-refractivity contribution in [3.8, 4) is 0 Å². The third kappa shape index (κ3) is 1.54. The zero-order chi connectivity index (χ0) is 13.8. The maximum absolute atomic E-state index is 12.0. The van der Waals surface area contributed by atoms with Gasteiger partial charge in [-0.2, -0.15) is 0 Å². The van der Waals surface area contributed by atoms with Crippen LogP contribution < -0.4 is 5.84 Å². The number of benzene rings is 1. The summed E-state index contributed by atoms with van der Waals surface area (Å²) in [5, 5.41) is 0. The number of fused-ring (bicyclic) bond motifs is 2. The monoisotopic (exact) mass is 271 g/mol. The topological polar surface area (TPSA) is 55.3 Å². The van der Waals surface area contributed by atoms with E-state index in [0.29, 0.717) is 12.1 Å². The van der Waals surface area contributed by atoms with Crippen molar-refractivity contribution in [2.24, 2.45) is 5.84 Å². The zero-order valence-electron chi connectivity index (χ0n) is 11.5. The number of hydrazone groups is 1. The van der Waals surface area contributed by atoms with Gasteiger partial charge in [-0.3, -0.25) is 0 Å². The Morgan fingerprint density at radius 2 is 1.85 bits per heavy atom. The predicted octanol–water partition coefficient (Wildman–Crippen LogP) is 1.57. The minimum absolute atomic E-state index is 0.115. The second-order valence-electron chi connectivity index (χ2n) is 6.45. The first-order chi connectivity index (χ1) is 9.63. The van der Waals surface area contributed by atoms with Gasteiger partial charge in [0.05, 0.1) is 6.42 Å². The fourth-order valence-electron chi connectivity index (χ4n) is 4.07. The summed E-state index contributed by atoms with van der Waals surface area (Å²) < 4.78 is 7.36. The molecule has 0 amide bonds. The van der Waals surface area contributed by atoms with Crippen LogP contribution in [0.5, 0.6) is 0 Å². The number of rotatable bonds is 2. The van der Waals surface area contributed by atoms with E-state index in [1.54, 1.807) is 4.68 Å². The molecule has 0 radical (unpaired) electrons. The lowest BCUT2D eigenvalue weighted by Crippen LogP contribution is -2.54. The molecule has 3 aliphatic heterocycles. The third-order valence-electron chi connectivity index (χ3n) is 5.30. The summed E-state index contributed by atoms with van der Waals surface area (Å²) in [7, 11) is 0. The number of nitrogens with two attached hydrogens (primary N) is 1. The van der Waals surface area contributed by atoms with Crippen LogP contribution in [0.2, 0.25) is 0 Å². The molecule has 1 aliphatic carbocycles. The fourth-order valence-corrected chi connectivity index (χ4v) is 4.07. The Balaban J connectivity index is 1.77. The van der Waals surface area contributed by atoms with E-state index in [1.807, 2.05) is 6.07 Å². The lowest BCUT2D eigenvalue weighted by atomic mass is 9.72. The van der Waals surface area contributed by atoms with Gasteiger partial charge < -0.3 is 4.74 Å². The van der Waals surface area contributed by atoms with Crippen molar-refractivity contribution in [3.63, 3.8) is 0 Å². The van der Waals surface area contributed by atoms with Crippen LogP contribution in [0.3, 0.4) is 0 Å².